The van der Waals surface area contributed by atoms with Crippen LogP contribution in [0.25, 0.3) is 27.7 Å². The fourth-order valence-electron chi connectivity index (χ4n) is 3.06. The molecule has 3 aromatic carbocycles. The zero-order valence-electron chi connectivity index (χ0n) is 15.0. The Balaban J connectivity index is 1.85. The van der Waals surface area contributed by atoms with Crippen molar-refractivity contribution in [2.75, 3.05) is 14.2 Å². The highest BCUT2D eigenvalue weighted by Gasteiger charge is 2.19. The van der Waals surface area contributed by atoms with Gasteiger partial charge >= 0.3 is 5.97 Å². The molecule has 0 N–H and O–H groups in total. The van der Waals surface area contributed by atoms with Gasteiger partial charge in [0, 0.05) is 11.8 Å². The number of carbonyl (C=O) groups is 1. The highest BCUT2D eigenvalue weighted by atomic mass is 16.5. The summed E-state index contributed by atoms with van der Waals surface area (Å²) in [4.78, 5) is 12.3. The third-order valence-corrected chi connectivity index (χ3v) is 4.46. The van der Waals surface area contributed by atoms with Crippen LogP contribution in [-0.4, -0.2) is 30.0 Å². The molecule has 0 fully saturated rings. The van der Waals surface area contributed by atoms with Gasteiger partial charge in [0.15, 0.2) is 0 Å². The minimum absolute atomic E-state index is 0.415. The number of para-hydroxylation sites is 1. The number of carbonyl (C=O) groups excluding carboxylic acids is 1. The highest BCUT2D eigenvalue weighted by Crippen LogP contribution is 2.29. The van der Waals surface area contributed by atoms with Crippen molar-refractivity contribution in [2.45, 2.75) is 0 Å². The molecule has 1 aromatic heterocycles. The van der Waals surface area contributed by atoms with Crippen LogP contribution in [0.5, 0.6) is 5.75 Å². The Morgan fingerprint density at radius 2 is 1.67 bits per heavy atom. The number of hydrogen-bond donors (Lipinski definition) is 0. The molecule has 0 atom stereocenters. The lowest BCUT2D eigenvalue weighted by molar-refractivity contribution is 0.0601. The Kier molecular flexibility index (Phi) is 4.34. The van der Waals surface area contributed by atoms with Gasteiger partial charge < -0.3 is 9.47 Å². The lowest BCUT2D eigenvalue weighted by atomic mass is 10.0. The van der Waals surface area contributed by atoms with E-state index in [1.54, 1.807) is 18.0 Å². The number of benzene rings is 3. The van der Waals surface area contributed by atoms with E-state index in [9.17, 15) is 4.79 Å². The molecular formula is C22H18N2O3. The Morgan fingerprint density at radius 1 is 0.926 bits per heavy atom. The second-order valence-electron chi connectivity index (χ2n) is 6.09. The molecule has 0 spiro atoms. The number of esters is 1. The molecule has 1 heterocycles. The van der Waals surface area contributed by atoms with Gasteiger partial charge in [-0.2, -0.15) is 5.10 Å². The molecule has 5 nitrogen and oxygen atoms in total. The molecule has 134 valence electrons. The van der Waals surface area contributed by atoms with Gasteiger partial charge in [-0.15, -0.1) is 0 Å². The first-order valence-corrected chi connectivity index (χ1v) is 8.51. The predicted molar refractivity (Wildman–Crippen MR) is 104 cm³/mol. The van der Waals surface area contributed by atoms with Crippen molar-refractivity contribution in [3.05, 3.63) is 78.5 Å². The zero-order valence-corrected chi connectivity index (χ0v) is 15.0. The molecule has 4 aromatic rings. The largest absolute Gasteiger partial charge is 0.497 e. The van der Waals surface area contributed by atoms with E-state index in [0.29, 0.717) is 11.3 Å². The maximum absolute atomic E-state index is 12.3. The number of methoxy groups -OCH3 is 2. The number of aromatic nitrogens is 2. The topological polar surface area (TPSA) is 53.4 Å². The molecule has 0 saturated heterocycles. The van der Waals surface area contributed by atoms with Crippen molar-refractivity contribution in [2.24, 2.45) is 0 Å². The Bertz CT molecular complexity index is 1120. The standard InChI is InChI=1S/C22H18N2O3/c1-26-19-11-10-15-12-17(9-8-16(15)13-19)21-20(22(25)27-2)14-24(23-21)18-6-4-3-5-7-18/h3-14H,1-2H3. The maximum Gasteiger partial charge on any atom is 0.341 e. The first kappa shape index (κ1) is 16.8. The van der Waals surface area contributed by atoms with Crippen LogP contribution in [0.2, 0.25) is 0 Å². The molecule has 4 rings (SSSR count). The normalized spacial score (nSPS) is 10.7. The molecule has 0 amide bonds. The van der Waals surface area contributed by atoms with Crippen molar-refractivity contribution in [1.82, 2.24) is 9.78 Å². The van der Waals surface area contributed by atoms with Crippen molar-refractivity contribution in [3.8, 4) is 22.7 Å². The van der Waals surface area contributed by atoms with Gasteiger partial charge in [-0.25, -0.2) is 9.48 Å². The molecule has 0 aliphatic carbocycles. The molecule has 0 saturated carbocycles. The van der Waals surface area contributed by atoms with Crippen LogP contribution < -0.4 is 4.74 Å². The first-order chi connectivity index (χ1) is 13.2. The fourth-order valence-corrected chi connectivity index (χ4v) is 3.06. The van der Waals surface area contributed by atoms with Gasteiger partial charge in [-0.1, -0.05) is 36.4 Å². The monoisotopic (exact) mass is 358 g/mol. The maximum atomic E-state index is 12.3. The number of nitrogens with zero attached hydrogens (tertiary/aromatic N) is 2. The SMILES string of the molecule is COC(=O)c1cn(-c2ccccc2)nc1-c1ccc2cc(OC)ccc2c1. The summed E-state index contributed by atoms with van der Waals surface area (Å²) in [6.45, 7) is 0. The Labute approximate surface area is 156 Å². The van der Waals surface area contributed by atoms with E-state index in [0.717, 1.165) is 27.8 Å². The number of fused-ring (bicyclic) bond motifs is 1. The van der Waals surface area contributed by atoms with E-state index >= 15 is 0 Å². The molecule has 0 unspecified atom stereocenters. The molecule has 0 bridgehead atoms. The molecule has 0 aliphatic heterocycles. The predicted octanol–water partition coefficient (Wildman–Crippen LogP) is 4.49. The van der Waals surface area contributed by atoms with Crippen LogP contribution in [0.15, 0.2) is 72.9 Å². The van der Waals surface area contributed by atoms with Gasteiger partial charge in [0.25, 0.3) is 0 Å². The van der Waals surface area contributed by atoms with Gasteiger partial charge in [0.05, 0.1) is 19.9 Å². The smallest absolute Gasteiger partial charge is 0.341 e. The fraction of sp³-hybridized carbons (Fsp3) is 0.0909. The Hall–Kier alpha value is -3.60. The lowest BCUT2D eigenvalue weighted by Crippen LogP contribution is -2.01. The highest BCUT2D eigenvalue weighted by molar-refractivity contribution is 5.97. The number of hydrogen-bond acceptors (Lipinski definition) is 4. The lowest BCUT2D eigenvalue weighted by Gasteiger charge is -2.05. The summed E-state index contributed by atoms with van der Waals surface area (Å²) in [5.41, 5.74) is 2.74. The minimum Gasteiger partial charge on any atom is -0.497 e. The molecule has 5 heteroatoms. The van der Waals surface area contributed by atoms with E-state index in [-0.39, 0.29) is 0 Å². The molecular weight excluding hydrogens is 340 g/mol. The average Bonchev–Trinajstić information content (AvgIpc) is 3.18. The van der Waals surface area contributed by atoms with Gasteiger partial charge in [-0.05, 0) is 41.1 Å². The second-order valence-corrected chi connectivity index (χ2v) is 6.09. The summed E-state index contributed by atoms with van der Waals surface area (Å²) in [6, 6.07) is 21.5. The van der Waals surface area contributed by atoms with Crippen molar-refractivity contribution < 1.29 is 14.3 Å². The second kappa shape index (κ2) is 6.96. The van der Waals surface area contributed by atoms with E-state index in [1.807, 2.05) is 66.7 Å². The van der Waals surface area contributed by atoms with Crippen LogP contribution in [0.3, 0.4) is 0 Å². The quantitative estimate of drug-likeness (QED) is 0.505. The van der Waals surface area contributed by atoms with Gasteiger partial charge in [0.2, 0.25) is 0 Å². The van der Waals surface area contributed by atoms with E-state index in [1.165, 1.54) is 7.11 Å². The third kappa shape index (κ3) is 3.15. The van der Waals surface area contributed by atoms with Crippen LogP contribution in [0.1, 0.15) is 10.4 Å². The summed E-state index contributed by atoms with van der Waals surface area (Å²) in [5.74, 6) is 0.390. The number of ether oxygens (including phenoxy) is 2. The first-order valence-electron chi connectivity index (χ1n) is 8.51. The van der Waals surface area contributed by atoms with Crippen LogP contribution in [0.4, 0.5) is 0 Å². The number of rotatable bonds is 4. The summed E-state index contributed by atoms with van der Waals surface area (Å²) in [5, 5.41) is 6.75. The van der Waals surface area contributed by atoms with Crippen LogP contribution >= 0.6 is 0 Å². The zero-order chi connectivity index (χ0) is 18.8. The van der Waals surface area contributed by atoms with Crippen molar-refractivity contribution in [1.29, 1.82) is 0 Å². The summed E-state index contributed by atoms with van der Waals surface area (Å²) >= 11 is 0. The summed E-state index contributed by atoms with van der Waals surface area (Å²) < 4.78 is 11.9. The van der Waals surface area contributed by atoms with Gasteiger partial charge in [-0.3, -0.25) is 0 Å². The average molecular weight is 358 g/mol. The van der Waals surface area contributed by atoms with Crippen molar-refractivity contribution >= 4 is 16.7 Å². The Morgan fingerprint density at radius 3 is 2.41 bits per heavy atom. The summed E-state index contributed by atoms with van der Waals surface area (Å²) in [6.07, 6.45) is 1.70. The van der Waals surface area contributed by atoms with Crippen LogP contribution in [-0.2, 0) is 4.74 Å². The van der Waals surface area contributed by atoms with Crippen molar-refractivity contribution in [3.63, 3.8) is 0 Å². The van der Waals surface area contributed by atoms with E-state index in [2.05, 4.69) is 5.10 Å². The van der Waals surface area contributed by atoms with Gasteiger partial charge in [0.1, 0.15) is 17.0 Å². The molecule has 0 aliphatic rings. The minimum atomic E-state index is -0.415. The van der Waals surface area contributed by atoms with E-state index < -0.39 is 5.97 Å². The third-order valence-electron chi connectivity index (χ3n) is 4.46. The van der Waals surface area contributed by atoms with Crippen LogP contribution in [0, 0.1) is 0 Å². The summed E-state index contributed by atoms with van der Waals surface area (Å²) in [7, 11) is 3.02. The van der Waals surface area contributed by atoms with E-state index in [4.69, 9.17) is 9.47 Å². The molecule has 0 radical (unpaired) electrons. The molecule has 27 heavy (non-hydrogen) atoms.